The Balaban J connectivity index is 3.58. The molecule has 0 bridgehead atoms. The third-order valence-electron chi connectivity index (χ3n) is 2.64. The van der Waals surface area contributed by atoms with Crippen LogP contribution in [-0.2, 0) is 18.9 Å². The summed E-state index contributed by atoms with van der Waals surface area (Å²) in [5.41, 5.74) is 0. The highest BCUT2D eigenvalue weighted by Crippen LogP contribution is 1.91. The lowest BCUT2D eigenvalue weighted by atomic mass is 10.4. The van der Waals surface area contributed by atoms with E-state index in [9.17, 15) is 0 Å². The molecule has 0 aliphatic carbocycles. The van der Waals surface area contributed by atoms with Crippen molar-refractivity contribution in [3.05, 3.63) is 0 Å². The van der Waals surface area contributed by atoms with E-state index >= 15 is 0 Å². The highest BCUT2D eigenvalue weighted by molar-refractivity contribution is 4.56. The molecule has 19 heavy (non-hydrogen) atoms. The Kier molecular flexibility index (Phi) is 15.7. The molecule has 5 heteroatoms. The van der Waals surface area contributed by atoms with Crippen LogP contribution in [-0.4, -0.2) is 77.4 Å². The molecule has 116 valence electrons. The summed E-state index contributed by atoms with van der Waals surface area (Å²) in [7, 11) is 0. The van der Waals surface area contributed by atoms with Gasteiger partial charge in [-0.3, -0.25) is 4.90 Å². The fourth-order valence-electron chi connectivity index (χ4n) is 1.57. The van der Waals surface area contributed by atoms with E-state index in [4.69, 9.17) is 18.9 Å². The van der Waals surface area contributed by atoms with Crippen LogP contribution < -0.4 is 0 Å². The fraction of sp³-hybridized carbons (Fsp3) is 1.00. The van der Waals surface area contributed by atoms with E-state index in [0.717, 1.165) is 59.3 Å². The maximum absolute atomic E-state index is 5.53. The van der Waals surface area contributed by atoms with E-state index in [1.807, 2.05) is 20.8 Å². The molecule has 0 saturated heterocycles. The highest BCUT2D eigenvalue weighted by Gasteiger charge is 2.04. The molecule has 0 saturated carbocycles. The van der Waals surface area contributed by atoms with Crippen LogP contribution >= 0.6 is 0 Å². The van der Waals surface area contributed by atoms with Gasteiger partial charge in [0.05, 0.1) is 33.0 Å². The van der Waals surface area contributed by atoms with Crippen molar-refractivity contribution in [2.45, 2.75) is 20.8 Å². The Morgan fingerprint density at radius 2 is 0.895 bits per heavy atom. The second-order valence-corrected chi connectivity index (χ2v) is 4.04. The summed E-state index contributed by atoms with van der Waals surface area (Å²) in [6.07, 6.45) is 0. The predicted molar refractivity (Wildman–Crippen MR) is 76.7 cm³/mol. The minimum atomic E-state index is 0.665. The predicted octanol–water partition coefficient (Wildman–Crippen LogP) is 1.41. The number of hydrogen-bond acceptors (Lipinski definition) is 5. The van der Waals surface area contributed by atoms with Crippen molar-refractivity contribution in [2.75, 3.05) is 72.5 Å². The van der Waals surface area contributed by atoms with Crippen molar-refractivity contribution in [3.8, 4) is 0 Å². The van der Waals surface area contributed by atoms with Gasteiger partial charge in [0, 0.05) is 39.5 Å². The molecule has 0 spiro atoms. The molecule has 0 atom stereocenters. The lowest BCUT2D eigenvalue weighted by Crippen LogP contribution is -2.34. The van der Waals surface area contributed by atoms with Crippen molar-refractivity contribution < 1.29 is 18.9 Å². The van der Waals surface area contributed by atoms with Gasteiger partial charge in [-0.1, -0.05) is 0 Å². The van der Waals surface area contributed by atoms with Crippen LogP contribution in [0.15, 0.2) is 0 Å². The van der Waals surface area contributed by atoms with Gasteiger partial charge in [-0.15, -0.1) is 0 Å². The third-order valence-corrected chi connectivity index (χ3v) is 2.64. The van der Waals surface area contributed by atoms with E-state index in [2.05, 4.69) is 4.90 Å². The molecule has 0 rings (SSSR count). The van der Waals surface area contributed by atoms with Crippen LogP contribution in [0.1, 0.15) is 20.8 Å². The highest BCUT2D eigenvalue weighted by atomic mass is 16.5. The monoisotopic (exact) mass is 277 g/mol. The molecule has 0 heterocycles. The Morgan fingerprint density at radius 1 is 0.526 bits per heavy atom. The number of rotatable bonds is 15. The summed E-state index contributed by atoms with van der Waals surface area (Å²) >= 11 is 0. The number of nitrogens with zero attached hydrogens (tertiary/aromatic N) is 1. The molecule has 0 aliphatic rings. The SMILES string of the molecule is CCOCCOCCN(CCOCC)CCOCC. The first kappa shape index (κ1) is 18.8. The van der Waals surface area contributed by atoms with E-state index in [0.29, 0.717) is 13.2 Å². The smallest absolute Gasteiger partial charge is 0.0701 e. The Hall–Kier alpha value is -0.200. The van der Waals surface area contributed by atoms with Crippen molar-refractivity contribution in [3.63, 3.8) is 0 Å². The van der Waals surface area contributed by atoms with Crippen molar-refractivity contribution in [2.24, 2.45) is 0 Å². The standard InChI is InChI=1S/C14H31NO4/c1-4-16-10-7-15(8-11-17-5-2)9-12-19-14-13-18-6-3/h4-14H2,1-3H3. The molecule has 0 aromatic heterocycles. The Morgan fingerprint density at radius 3 is 1.37 bits per heavy atom. The summed E-state index contributed by atoms with van der Waals surface area (Å²) in [5.74, 6) is 0. The van der Waals surface area contributed by atoms with Gasteiger partial charge in [-0.25, -0.2) is 0 Å². The van der Waals surface area contributed by atoms with Crippen molar-refractivity contribution in [1.29, 1.82) is 0 Å². The lowest BCUT2D eigenvalue weighted by molar-refractivity contribution is 0.0310. The maximum atomic E-state index is 5.53. The van der Waals surface area contributed by atoms with Gasteiger partial charge in [0.2, 0.25) is 0 Å². The summed E-state index contributed by atoms with van der Waals surface area (Å²) in [6.45, 7) is 14.7. The Labute approximate surface area is 118 Å². The summed E-state index contributed by atoms with van der Waals surface area (Å²) in [4.78, 5) is 2.31. The molecule has 0 radical (unpaired) electrons. The number of ether oxygens (including phenoxy) is 4. The summed E-state index contributed by atoms with van der Waals surface area (Å²) < 4.78 is 21.5. The minimum absolute atomic E-state index is 0.665. The first-order chi connectivity index (χ1) is 9.35. The first-order valence-corrected chi connectivity index (χ1v) is 7.38. The van der Waals surface area contributed by atoms with E-state index in [1.165, 1.54) is 0 Å². The lowest BCUT2D eigenvalue weighted by Gasteiger charge is -2.21. The molecule has 5 nitrogen and oxygen atoms in total. The topological polar surface area (TPSA) is 40.2 Å². The molecule has 0 N–H and O–H groups in total. The normalized spacial score (nSPS) is 11.4. The zero-order chi connectivity index (χ0) is 14.2. The minimum Gasteiger partial charge on any atom is -0.380 e. The molecule has 0 aliphatic heterocycles. The average molecular weight is 277 g/mol. The zero-order valence-electron chi connectivity index (χ0n) is 12.9. The Bertz CT molecular complexity index is 160. The van der Waals surface area contributed by atoms with Gasteiger partial charge >= 0.3 is 0 Å². The van der Waals surface area contributed by atoms with Gasteiger partial charge in [0.1, 0.15) is 0 Å². The van der Waals surface area contributed by atoms with Gasteiger partial charge in [0.25, 0.3) is 0 Å². The second-order valence-electron chi connectivity index (χ2n) is 4.04. The van der Waals surface area contributed by atoms with E-state index < -0.39 is 0 Å². The third kappa shape index (κ3) is 14.0. The first-order valence-electron chi connectivity index (χ1n) is 7.38. The van der Waals surface area contributed by atoms with E-state index in [1.54, 1.807) is 0 Å². The molecule has 0 aromatic carbocycles. The maximum Gasteiger partial charge on any atom is 0.0701 e. The van der Waals surface area contributed by atoms with Crippen LogP contribution in [0.2, 0.25) is 0 Å². The molecule has 0 unspecified atom stereocenters. The molecule has 0 aromatic rings. The summed E-state index contributed by atoms with van der Waals surface area (Å²) in [5, 5.41) is 0. The number of hydrogen-bond donors (Lipinski definition) is 0. The summed E-state index contributed by atoms with van der Waals surface area (Å²) in [6, 6.07) is 0. The van der Waals surface area contributed by atoms with Crippen LogP contribution in [0.4, 0.5) is 0 Å². The van der Waals surface area contributed by atoms with Gasteiger partial charge in [0.15, 0.2) is 0 Å². The molecule has 0 fully saturated rings. The van der Waals surface area contributed by atoms with Crippen LogP contribution in [0.25, 0.3) is 0 Å². The van der Waals surface area contributed by atoms with E-state index in [-0.39, 0.29) is 0 Å². The second kappa shape index (κ2) is 15.9. The van der Waals surface area contributed by atoms with Crippen molar-refractivity contribution >= 4 is 0 Å². The van der Waals surface area contributed by atoms with Gasteiger partial charge < -0.3 is 18.9 Å². The van der Waals surface area contributed by atoms with Crippen LogP contribution in [0.3, 0.4) is 0 Å². The van der Waals surface area contributed by atoms with Crippen LogP contribution in [0.5, 0.6) is 0 Å². The average Bonchev–Trinajstić information content (AvgIpc) is 2.42. The largest absolute Gasteiger partial charge is 0.380 e. The fourth-order valence-corrected chi connectivity index (χ4v) is 1.57. The van der Waals surface area contributed by atoms with Crippen molar-refractivity contribution in [1.82, 2.24) is 4.90 Å². The van der Waals surface area contributed by atoms with Gasteiger partial charge in [-0.2, -0.15) is 0 Å². The van der Waals surface area contributed by atoms with Crippen LogP contribution in [0, 0.1) is 0 Å². The molecular formula is C14H31NO4. The molecule has 0 amide bonds. The molecular weight excluding hydrogens is 246 g/mol. The quantitative estimate of drug-likeness (QED) is 0.423. The van der Waals surface area contributed by atoms with Gasteiger partial charge in [-0.05, 0) is 20.8 Å². The zero-order valence-corrected chi connectivity index (χ0v) is 12.9.